The Morgan fingerprint density at radius 2 is 1.70 bits per heavy atom. The summed E-state index contributed by atoms with van der Waals surface area (Å²) in [4.78, 5) is 19.7. The minimum atomic E-state index is -3.48. The summed E-state index contributed by atoms with van der Waals surface area (Å²) in [5.41, 5.74) is 2.52. The van der Waals surface area contributed by atoms with Crippen LogP contribution in [-0.4, -0.2) is 56.3 Å². The summed E-state index contributed by atoms with van der Waals surface area (Å²) in [5.74, 6) is 0.678. The number of nitrogens with one attached hydrogen (secondary N) is 1. The lowest BCUT2D eigenvalue weighted by Gasteiger charge is -2.32. The number of oxazole rings is 1. The largest absolute Gasteiger partial charge is 0.423 e. The number of nitrogens with zero attached hydrogens (tertiary/aromatic N) is 3. The highest BCUT2D eigenvalue weighted by Gasteiger charge is 2.30. The topological polar surface area (TPSA) is 95.8 Å². The quantitative estimate of drug-likeness (QED) is 0.466. The van der Waals surface area contributed by atoms with Gasteiger partial charge in [-0.2, -0.15) is 9.29 Å². The molecule has 8 nitrogen and oxygen atoms in total. The van der Waals surface area contributed by atoms with Gasteiger partial charge >= 0.3 is 0 Å². The fraction of sp³-hybridized carbons (Fsp3) is 0.481. The number of carbonyl (C=O) groups is 1. The van der Waals surface area contributed by atoms with E-state index in [1.807, 2.05) is 25.1 Å². The number of aryl methyl sites for hydroxylation is 1. The molecule has 1 aromatic heterocycles. The van der Waals surface area contributed by atoms with E-state index in [4.69, 9.17) is 16.0 Å². The highest BCUT2D eigenvalue weighted by atomic mass is 35.5. The molecule has 0 radical (unpaired) electrons. The van der Waals surface area contributed by atoms with Gasteiger partial charge in [-0.1, -0.05) is 29.3 Å². The molecule has 2 aliphatic rings. The van der Waals surface area contributed by atoms with Crippen molar-refractivity contribution in [2.45, 2.75) is 43.9 Å². The number of halogens is 1. The van der Waals surface area contributed by atoms with Gasteiger partial charge in [-0.3, -0.25) is 4.79 Å². The zero-order valence-corrected chi connectivity index (χ0v) is 22.6. The number of hydrogen-bond acceptors (Lipinski definition) is 6. The summed E-state index contributed by atoms with van der Waals surface area (Å²) >= 11 is 6.05. The van der Waals surface area contributed by atoms with Gasteiger partial charge in [0.2, 0.25) is 15.9 Å². The smallest absolute Gasteiger partial charge is 0.298 e. The van der Waals surface area contributed by atoms with Crippen LogP contribution in [0.3, 0.4) is 0 Å². The Balaban J connectivity index is 1.03. The lowest BCUT2D eigenvalue weighted by Crippen LogP contribution is -2.41. The average molecular weight is 545 g/mol. The number of anilines is 1. The molecule has 0 bridgehead atoms. The molecule has 1 amide bonds. The SMILES string of the molecule is Cc1ccc(S(=O)(=O)N2CCC(CC(=O)NCC3CCN(c4nc5cc(Cl)ccc5o4)CC3)CC2)cc1. The third kappa shape index (κ3) is 6.10. The number of carbonyl (C=O) groups excluding carboxylic acids is 1. The fourth-order valence-corrected chi connectivity index (χ4v) is 6.79. The number of aromatic nitrogens is 1. The Labute approximate surface area is 223 Å². The molecule has 0 atom stereocenters. The molecule has 3 aromatic rings. The Bertz CT molecular complexity index is 1340. The van der Waals surface area contributed by atoms with E-state index in [1.165, 1.54) is 0 Å². The van der Waals surface area contributed by atoms with Crippen LogP contribution in [-0.2, 0) is 14.8 Å². The molecule has 3 heterocycles. The van der Waals surface area contributed by atoms with E-state index in [-0.39, 0.29) is 11.8 Å². The Hall–Kier alpha value is -2.62. The lowest BCUT2D eigenvalue weighted by molar-refractivity contribution is -0.122. The van der Waals surface area contributed by atoms with Crippen molar-refractivity contribution < 1.29 is 17.6 Å². The van der Waals surface area contributed by atoms with Gasteiger partial charge in [-0.15, -0.1) is 0 Å². The van der Waals surface area contributed by atoms with Crippen molar-refractivity contribution in [3.63, 3.8) is 0 Å². The van der Waals surface area contributed by atoms with E-state index in [0.29, 0.717) is 60.7 Å². The molecular formula is C27H33ClN4O4S. The van der Waals surface area contributed by atoms with Crippen molar-refractivity contribution in [2.24, 2.45) is 11.8 Å². The molecule has 1 N–H and O–H groups in total. The number of benzene rings is 2. The summed E-state index contributed by atoms with van der Waals surface area (Å²) in [6, 6.07) is 13.0. The molecule has 0 saturated carbocycles. The molecule has 2 saturated heterocycles. The highest BCUT2D eigenvalue weighted by Crippen LogP contribution is 2.28. The van der Waals surface area contributed by atoms with E-state index >= 15 is 0 Å². The van der Waals surface area contributed by atoms with Crippen molar-refractivity contribution in [3.8, 4) is 0 Å². The van der Waals surface area contributed by atoms with Crippen molar-refractivity contribution in [2.75, 3.05) is 37.6 Å². The van der Waals surface area contributed by atoms with E-state index in [9.17, 15) is 13.2 Å². The third-order valence-electron chi connectivity index (χ3n) is 7.52. The molecule has 0 aliphatic carbocycles. The van der Waals surface area contributed by atoms with Crippen LogP contribution in [0.2, 0.25) is 5.02 Å². The first-order chi connectivity index (χ1) is 17.8. The molecular weight excluding hydrogens is 512 g/mol. The minimum Gasteiger partial charge on any atom is -0.423 e. The first-order valence-corrected chi connectivity index (χ1v) is 14.7. The second kappa shape index (κ2) is 11.0. The number of sulfonamides is 1. The van der Waals surface area contributed by atoms with E-state index in [0.717, 1.165) is 42.6 Å². The van der Waals surface area contributed by atoms with Gasteiger partial charge in [-0.25, -0.2) is 8.42 Å². The van der Waals surface area contributed by atoms with Crippen molar-refractivity contribution in [3.05, 3.63) is 53.1 Å². The number of hydrogen-bond donors (Lipinski definition) is 1. The molecule has 2 aromatic carbocycles. The maximum absolute atomic E-state index is 12.9. The standard InChI is InChI=1S/C27H33ClN4O4S/c1-19-2-5-23(6-3-19)37(34,35)32-14-10-20(11-15-32)16-26(33)29-18-21-8-12-31(13-9-21)27-30-24-17-22(28)4-7-25(24)36-27/h2-7,17,20-21H,8-16,18H2,1H3,(H,29,33). The van der Waals surface area contributed by atoms with Crippen molar-refractivity contribution >= 4 is 44.6 Å². The zero-order chi connectivity index (χ0) is 26.0. The maximum Gasteiger partial charge on any atom is 0.298 e. The number of piperidine rings is 2. The maximum atomic E-state index is 12.9. The van der Waals surface area contributed by atoms with E-state index < -0.39 is 10.0 Å². The molecule has 2 aliphatic heterocycles. The van der Waals surface area contributed by atoms with Crippen LogP contribution in [0, 0.1) is 18.8 Å². The number of fused-ring (bicyclic) bond motifs is 1. The summed E-state index contributed by atoms with van der Waals surface area (Å²) in [5, 5.41) is 3.75. The van der Waals surface area contributed by atoms with Gasteiger partial charge in [0, 0.05) is 44.2 Å². The summed E-state index contributed by atoms with van der Waals surface area (Å²) in [7, 11) is -3.48. The number of rotatable bonds is 7. The Morgan fingerprint density at radius 1 is 1.03 bits per heavy atom. The molecule has 5 rings (SSSR count). The lowest BCUT2D eigenvalue weighted by atomic mass is 9.93. The predicted octanol–water partition coefficient (Wildman–Crippen LogP) is 4.61. The van der Waals surface area contributed by atoms with Crippen LogP contribution in [0.5, 0.6) is 0 Å². The second-order valence-electron chi connectivity index (χ2n) is 10.2. The van der Waals surface area contributed by atoms with Crippen LogP contribution < -0.4 is 10.2 Å². The molecule has 2 fully saturated rings. The van der Waals surface area contributed by atoms with E-state index in [1.54, 1.807) is 28.6 Å². The van der Waals surface area contributed by atoms with Crippen LogP contribution >= 0.6 is 11.6 Å². The van der Waals surface area contributed by atoms with Crippen molar-refractivity contribution in [1.29, 1.82) is 0 Å². The molecule has 37 heavy (non-hydrogen) atoms. The fourth-order valence-electron chi connectivity index (χ4n) is 5.16. The van der Waals surface area contributed by atoms with Gasteiger partial charge in [0.05, 0.1) is 4.90 Å². The van der Waals surface area contributed by atoms with Gasteiger partial charge in [0.1, 0.15) is 5.52 Å². The van der Waals surface area contributed by atoms with Crippen LogP contribution in [0.25, 0.3) is 11.1 Å². The van der Waals surface area contributed by atoms with Crippen LogP contribution in [0.4, 0.5) is 6.01 Å². The molecule has 10 heteroatoms. The van der Waals surface area contributed by atoms with Gasteiger partial charge in [0.25, 0.3) is 6.01 Å². The van der Waals surface area contributed by atoms with Crippen LogP contribution in [0.15, 0.2) is 51.8 Å². The van der Waals surface area contributed by atoms with E-state index in [2.05, 4.69) is 15.2 Å². The third-order valence-corrected chi connectivity index (χ3v) is 9.67. The zero-order valence-electron chi connectivity index (χ0n) is 21.0. The highest BCUT2D eigenvalue weighted by molar-refractivity contribution is 7.89. The molecule has 0 unspecified atom stereocenters. The first kappa shape index (κ1) is 26.0. The van der Waals surface area contributed by atoms with Crippen LogP contribution in [0.1, 0.15) is 37.7 Å². The summed E-state index contributed by atoms with van der Waals surface area (Å²) in [6.45, 7) is 5.16. The Morgan fingerprint density at radius 3 is 2.41 bits per heavy atom. The normalized spacial score (nSPS) is 18.4. The number of amides is 1. The van der Waals surface area contributed by atoms with Gasteiger partial charge in [0.15, 0.2) is 5.58 Å². The van der Waals surface area contributed by atoms with Gasteiger partial charge in [-0.05, 0) is 74.8 Å². The summed E-state index contributed by atoms with van der Waals surface area (Å²) < 4.78 is 33.2. The minimum absolute atomic E-state index is 0.0538. The average Bonchev–Trinajstić information content (AvgIpc) is 3.32. The Kier molecular flexibility index (Phi) is 7.74. The monoisotopic (exact) mass is 544 g/mol. The summed E-state index contributed by atoms with van der Waals surface area (Å²) in [6.07, 6.45) is 3.76. The second-order valence-corrected chi connectivity index (χ2v) is 12.6. The predicted molar refractivity (Wildman–Crippen MR) is 144 cm³/mol. The molecule has 0 spiro atoms. The van der Waals surface area contributed by atoms with Gasteiger partial charge < -0.3 is 14.6 Å². The van der Waals surface area contributed by atoms with Crippen molar-refractivity contribution in [1.82, 2.24) is 14.6 Å². The first-order valence-electron chi connectivity index (χ1n) is 12.9. The molecule has 198 valence electrons.